The molecule has 138 valence electrons. The molecular formula is C17H22FNO6. The zero-order valence-corrected chi connectivity index (χ0v) is 13.9. The molecule has 1 aromatic rings. The van der Waals surface area contributed by atoms with Crippen LogP contribution in [-0.4, -0.2) is 55.1 Å². The van der Waals surface area contributed by atoms with Crippen LogP contribution in [0.4, 0.5) is 4.39 Å². The Balaban J connectivity index is 1.77. The summed E-state index contributed by atoms with van der Waals surface area (Å²) in [6.07, 6.45) is -0.135. The summed E-state index contributed by atoms with van der Waals surface area (Å²) in [6, 6.07) is 4.96. The highest BCUT2D eigenvalue weighted by molar-refractivity contribution is 5.81. The predicted molar refractivity (Wildman–Crippen MR) is 85.8 cm³/mol. The standard InChI is InChI=1S/C17H22FNO6/c1-11(24-10-14-3-2-8-23-14)16(20)19-9-15(17(21)22)25-13-6-4-12(18)5-7-13/h4-7,11,14-15H,2-3,8-10H2,1H3,(H,19,20)(H,21,22). The molecule has 1 amide bonds. The van der Waals surface area contributed by atoms with Gasteiger partial charge in [-0.05, 0) is 44.0 Å². The van der Waals surface area contributed by atoms with Crippen LogP contribution in [0.5, 0.6) is 5.75 Å². The van der Waals surface area contributed by atoms with Crippen molar-refractivity contribution in [2.75, 3.05) is 19.8 Å². The fraction of sp³-hybridized carbons (Fsp3) is 0.529. The van der Waals surface area contributed by atoms with E-state index in [1.54, 1.807) is 6.92 Å². The van der Waals surface area contributed by atoms with Gasteiger partial charge in [0.15, 0.2) is 0 Å². The van der Waals surface area contributed by atoms with Crippen molar-refractivity contribution in [1.82, 2.24) is 5.32 Å². The number of nitrogens with one attached hydrogen (secondary N) is 1. The normalized spacial score (nSPS) is 19.2. The van der Waals surface area contributed by atoms with Gasteiger partial charge >= 0.3 is 5.97 Å². The highest BCUT2D eigenvalue weighted by Gasteiger charge is 2.23. The molecular weight excluding hydrogens is 333 g/mol. The number of hydrogen-bond acceptors (Lipinski definition) is 5. The van der Waals surface area contributed by atoms with E-state index in [4.69, 9.17) is 14.2 Å². The highest BCUT2D eigenvalue weighted by Crippen LogP contribution is 2.14. The highest BCUT2D eigenvalue weighted by atomic mass is 19.1. The van der Waals surface area contributed by atoms with Crippen LogP contribution < -0.4 is 10.1 Å². The molecule has 0 aliphatic carbocycles. The van der Waals surface area contributed by atoms with Crippen LogP contribution in [-0.2, 0) is 19.1 Å². The Hall–Kier alpha value is -2.19. The van der Waals surface area contributed by atoms with Gasteiger partial charge in [0.25, 0.3) is 0 Å². The first-order chi connectivity index (χ1) is 12.0. The van der Waals surface area contributed by atoms with E-state index < -0.39 is 29.9 Å². The van der Waals surface area contributed by atoms with E-state index in [-0.39, 0.29) is 18.4 Å². The van der Waals surface area contributed by atoms with Crippen LogP contribution >= 0.6 is 0 Å². The summed E-state index contributed by atoms with van der Waals surface area (Å²) in [5, 5.41) is 11.7. The van der Waals surface area contributed by atoms with E-state index in [2.05, 4.69) is 5.32 Å². The maximum Gasteiger partial charge on any atom is 0.346 e. The molecule has 2 rings (SSSR count). The third-order valence-corrected chi connectivity index (χ3v) is 3.75. The van der Waals surface area contributed by atoms with E-state index in [0.29, 0.717) is 13.2 Å². The summed E-state index contributed by atoms with van der Waals surface area (Å²) in [4.78, 5) is 23.3. The maximum absolute atomic E-state index is 12.9. The van der Waals surface area contributed by atoms with Crippen LogP contribution in [0.25, 0.3) is 0 Å². The van der Waals surface area contributed by atoms with Crippen molar-refractivity contribution < 1.29 is 33.3 Å². The summed E-state index contributed by atoms with van der Waals surface area (Å²) < 4.78 is 29.0. The Morgan fingerprint density at radius 2 is 2.12 bits per heavy atom. The molecule has 1 saturated heterocycles. The van der Waals surface area contributed by atoms with Gasteiger partial charge in [-0.3, -0.25) is 4.79 Å². The number of benzene rings is 1. The zero-order chi connectivity index (χ0) is 18.2. The van der Waals surface area contributed by atoms with Crippen LogP contribution in [0.3, 0.4) is 0 Å². The maximum atomic E-state index is 12.9. The average molecular weight is 355 g/mol. The molecule has 1 aromatic carbocycles. The first-order valence-electron chi connectivity index (χ1n) is 8.11. The second-order valence-corrected chi connectivity index (χ2v) is 5.75. The summed E-state index contributed by atoms with van der Waals surface area (Å²) >= 11 is 0. The van der Waals surface area contributed by atoms with Crippen LogP contribution in [0, 0.1) is 5.82 Å². The van der Waals surface area contributed by atoms with Gasteiger partial charge in [-0.2, -0.15) is 0 Å². The lowest BCUT2D eigenvalue weighted by Crippen LogP contribution is -2.44. The molecule has 1 aliphatic rings. The quantitative estimate of drug-likeness (QED) is 0.695. The molecule has 2 N–H and O–H groups in total. The zero-order valence-electron chi connectivity index (χ0n) is 13.9. The van der Waals surface area contributed by atoms with Crippen molar-refractivity contribution in [3.63, 3.8) is 0 Å². The minimum absolute atomic E-state index is 0.00354. The summed E-state index contributed by atoms with van der Waals surface area (Å²) in [5.74, 6) is -1.93. The molecule has 1 aliphatic heterocycles. The number of ether oxygens (including phenoxy) is 3. The first-order valence-corrected chi connectivity index (χ1v) is 8.11. The topological polar surface area (TPSA) is 94.1 Å². The summed E-state index contributed by atoms with van der Waals surface area (Å²) in [6.45, 7) is 2.37. The molecule has 0 spiro atoms. The number of halogens is 1. The second-order valence-electron chi connectivity index (χ2n) is 5.75. The molecule has 0 bridgehead atoms. The molecule has 3 unspecified atom stereocenters. The second kappa shape index (κ2) is 9.33. The van der Waals surface area contributed by atoms with Crippen molar-refractivity contribution in [3.8, 4) is 5.75 Å². The first kappa shape index (κ1) is 19.1. The Morgan fingerprint density at radius 3 is 2.72 bits per heavy atom. The van der Waals surface area contributed by atoms with Crippen molar-refractivity contribution in [2.24, 2.45) is 0 Å². The van der Waals surface area contributed by atoms with E-state index >= 15 is 0 Å². The van der Waals surface area contributed by atoms with Gasteiger partial charge < -0.3 is 24.6 Å². The minimum Gasteiger partial charge on any atom is -0.478 e. The fourth-order valence-electron chi connectivity index (χ4n) is 2.30. The molecule has 1 heterocycles. The summed E-state index contributed by atoms with van der Waals surface area (Å²) in [7, 11) is 0. The van der Waals surface area contributed by atoms with Gasteiger partial charge in [-0.15, -0.1) is 0 Å². The molecule has 0 saturated carbocycles. The largest absolute Gasteiger partial charge is 0.478 e. The minimum atomic E-state index is -1.29. The van der Waals surface area contributed by atoms with Crippen molar-refractivity contribution in [1.29, 1.82) is 0 Å². The molecule has 25 heavy (non-hydrogen) atoms. The van der Waals surface area contributed by atoms with Crippen molar-refractivity contribution >= 4 is 11.9 Å². The number of amides is 1. The van der Waals surface area contributed by atoms with Gasteiger partial charge in [-0.1, -0.05) is 0 Å². The predicted octanol–water partition coefficient (Wildman–Crippen LogP) is 1.36. The molecule has 1 fully saturated rings. The number of aliphatic carboxylic acids is 1. The number of hydrogen-bond donors (Lipinski definition) is 2. The van der Waals surface area contributed by atoms with Gasteiger partial charge in [0.2, 0.25) is 12.0 Å². The SMILES string of the molecule is CC(OCC1CCCO1)C(=O)NCC(Oc1ccc(F)cc1)C(=O)O. The Bertz CT molecular complexity index is 573. The van der Waals surface area contributed by atoms with Crippen LogP contribution in [0.1, 0.15) is 19.8 Å². The van der Waals surface area contributed by atoms with E-state index in [1.165, 1.54) is 12.1 Å². The van der Waals surface area contributed by atoms with Gasteiger partial charge in [0.05, 0.1) is 19.3 Å². The summed E-state index contributed by atoms with van der Waals surface area (Å²) in [5.41, 5.74) is 0. The van der Waals surface area contributed by atoms with Crippen LogP contribution in [0.2, 0.25) is 0 Å². The van der Waals surface area contributed by atoms with Gasteiger partial charge in [0.1, 0.15) is 17.7 Å². The molecule has 7 nitrogen and oxygen atoms in total. The lowest BCUT2D eigenvalue weighted by Gasteiger charge is -2.19. The Labute approximate surface area is 145 Å². The average Bonchev–Trinajstić information content (AvgIpc) is 3.11. The van der Waals surface area contributed by atoms with Crippen molar-refractivity contribution in [3.05, 3.63) is 30.1 Å². The van der Waals surface area contributed by atoms with E-state index in [1.807, 2.05) is 0 Å². The van der Waals surface area contributed by atoms with E-state index in [9.17, 15) is 19.1 Å². The molecule has 8 heteroatoms. The van der Waals surface area contributed by atoms with Crippen molar-refractivity contribution in [2.45, 2.75) is 38.1 Å². The smallest absolute Gasteiger partial charge is 0.346 e. The number of carboxylic acids is 1. The Kier molecular flexibility index (Phi) is 7.15. The van der Waals surface area contributed by atoms with Gasteiger partial charge in [-0.25, -0.2) is 9.18 Å². The Morgan fingerprint density at radius 1 is 1.40 bits per heavy atom. The molecule has 0 aromatic heterocycles. The third kappa shape index (κ3) is 6.32. The monoisotopic (exact) mass is 355 g/mol. The lowest BCUT2D eigenvalue weighted by molar-refractivity contribution is -0.145. The lowest BCUT2D eigenvalue weighted by atomic mass is 10.2. The number of carboxylic acid groups (broad SMARTS) is 1. The number of carbonyl (C=O) groups excluding carboxylic acids is 1. The third-order valence-electron chi connectivity index (χ3n) is 3.75. The molecule has 0 radical (unpaired) electrons. The van der Waals surface area contributed by atoms with Crippen LogP contribution in [0.15, 0.2) is 24.3 Å². The number of carbonyl (C=O) groups is 2. The van der Waals surface area contributed by atoms with E-state index in [0.717, 1.165) is 25.0 Å². The van der Waals surface area contributed by atoms with Gasteiger partial charge in [0, 0.05) is 6.61 Å². The molecule has 3 atom stereocenters. The fourth-order valence-corrected chi connectivity index (χ4v) is 2.30. The number of rotatable bonds is 9.